The van der Waals surface area contributed by atoms with E-state index in [1.165, 1.54) is 24.8 Å². The first-order chi connectivity index (χ1) is 9.20. The van der Waals surface area contributed by atoms with Gasteiger partial charge in [-0.2, -0.15) is 0 Å². The van der Waals surface area contributed by atoms with Crippen LogP contribution in [0.3, 0.4) is 0 Å². The highest BCUT2D eigenvalue weighted by molar-refractivity contribution is 9.10. The number of nitrogens with one attached hydrogen (secondary N) is 1. The predicted molar refractivity (Wildman–Crippen MR) is 82.3 cm³/mol. The summed E-state index contributed by atoms with van der Waals surface area (Å²) < 4.78 is 1.14. The normalized spacial score (nSPS) is 27.5. The number of hydrogen-bond acceptors (Lipinski definition) is 1. The van der Waals surface area contributed by atoms with Gasteiger partial charge in [-0.3, -0.25) is 4.99 Å². The lowest BCUT2D eigenvalue weighted by atomic mass is 9.76. The summed E-state index contributed by atoms with van der Waals surface area (Å²) in [5.74, 6) is 1.31. The highest BCUT2D eigenvalue weighted by Gasteiger charge is 2.30. The van der Waals surface area contributed by atoms with Gasteiger partial charge in [-0.15, -0.1) is 0 Å². The largest absolute Gasteiger partial charge is 0.370 e. The third-order valence-electron chi connectivity index (χ3n) is 4.23. The van der Waals surface area contributed by atoms with E-state index < -0.39 is 0 Å². The number of hydrogen-bond donors (Lipinski definition) is 2. The molecule has 0 aromatic heterocycles. The average molecular weight is 322 g/mol. The Hall–Kier alpha value is -1.03. The molecule has 0 atom stereocenters. The summed E-state index contributed by atoms with van der Waals surface area (Å²) in [6, 6.07) is 9.62. The standard InChI is InChI=1S/C15H20BrN3/c16-12-6-4-10(5-7-12)11-8-14(9-11)19-15(17)18-13-2-1-3-13/h4-7,11,13-14H,1-3,8-9H2,(H3,17,18,19). The van der Waals surface area contributed by atoms with Crippen molar-refractivity contribution in [1.29, 1.82) is 0 Å². The van der Waals surface area contributed by atoms with Crippen molar-refractivity contribution in [2.45, 2.75) is 50.1 Å². The minimum atomic E-state index is 0.481. The van der Waals surface area contributed by atoms with E-state index in [9.17, 15) is 0 Å². The first-order valence-electron chi connectivity index (χ1n) is 7.06. The number of benzene rings is 1. The summed E-state index contributed by atoms with van der Waals surface area (Å²) in [6.45, 7) is 0. The van der Waals surface area contributed by atoms with E-state index in [1.54, 1.807) is 0 Å². The van der Waals surface area contributed by atoms with Crippen molar-refractivity contribution in [3.05, 3.63) is 34.3 Å². The smallest absolute Gasteiger partial charge is 0.189 e. The van der Waals surface area contributed by atoms with Crippen LogP contribution in [0, 0.1) is 0 Å². The SMILES string of the molecule is NC(=NC1CCC1)NC1CC(c2ccc(Br)cc2)C1. The van der Waals surface area contributed by atoms with E-state index in [4.69, 9.17) is 5.73 Å². The van der Waals surface area contributed by atoms with Crippen LogP contribution in [0.15, 0.2) is 33.7 Å². The molecule has 4 heteroatoms. The second-order valence-corrected chi connectivity index (χ2v) is 6.58. The Morgan fingerprint density at radius 1 is 1.21 bits per heavy atom. The second kappa shape index (κ2) is 5.53. The van der Waals surface area contributed by atoms with Gasteiger partial charge < -0.3 is 11.1 Å². The van der Waals surface area contributed by atoms with E-state index >= 15 is 0 Å². The van der Waals surface area contributed by atoms with E-state index in [1.807, 2.05) is 0 Å². The molecule has 0 spiro atoms. The van der Waals surface area contributed by atoms with Crippen LogP contribution in [-0.2, 0) is 0 Å². The molecule has 0 amide bonds. The lowest BCUT2D eigenvalue weighted by Gasteiger charge is -2.37. The number of aliphatic imine (C=N–C) groups is 1. The van der Waals surface area contributed by atoms with Crippen molar-refractivity contribution in [2.75, 3.05) is 0 Å². The molecule has 102 valence electrons. The van der Waals surface area contributed by atoms with Gasteiger partial charge in [-0.1, -0.05) is 28.1 Å². The Labute approximate surface area is 122 Å². The Balaban J connectivity index is 1.47. The Morgan fingerprint density at radius 2 is 1.89 bits per heavy atom. The average Bonchev–Trinajstić information content (AvgIpc) is 2.30. The van der Waals surface area contributed by atoms with Crippen LogP contribution < -0.4 is 11.1 Å². The fourth-order valence-electron chi connectivity index (χ4n) is 2.70. The van der Waals surface area contributed by atoms with Gasteiger partial charge in [-0.05, 0) is 55.7 Å². The van der Waals surface area contributed by atoms with Crippen LogP contribution in [0.1, 0.15) is 43.6 Å². The summed E-state index contributed by atoms with van der Waals surface area (Å²) in [5, 5.41) is 3.35. The van der Waals surface area contributed by atoms with Crippen molar-refractivity contribution in [1.82, 2.24) is 5.32 Å². The van der Waals surface area contributed by atoms with E-state index in [2.05, 4.69) is 50.5 Å². The zero-order valence-electron chi connectivity index (χ0n) is 11.0. The van der Waals surface area contributed by atoms with Crippen LogP contribution in [-0.4, -0.2) is 18.0 Å². The third kappa shape index (κ3) is 3.11. The molecule has 0 bridgehead atoms. The summed E-state index contributed by atoms with van der Waals surface area (Å²) in [6.07, 6.45) is 6.02. The highest BCUT2D eigenvalue weighted by Crippen LogP contribution is 2.37. The number of halogens is 1. The fourth-order valence-corrected chi connectivity index (χ4v) is 2.97. The van der Waals surface area contributed by atoms with E-state index in [0.717, 1.165) is 17.3 Å². The Bertz CT molecular complexity index is 459. The molecule has 2 saturated carbocycles. The predicted octanol–water partition coefficient (Wildman–Crippen LogP) is 3.15. The molecule has 2 aliphatic rings. The molecule has 0 aliphatic heterocycles. The van der Waals surface area contributed by atoms with Crippen LogP contribution in [0.4, 0.5) is 0 Å². The van der Waals surface area contributed by atoms with Gasteiger partial charge in [0.05, 0.1) is 6.04 Å². The Morgan fingerprint density at radius 3 is 2.47 bits per heavy atom. The minimum absolute atomic E-state index is 0.481. The zero-order valence-corrected chi connectivity index (χ0v) is 12.6. The maximum absolute atomic E-state index is 5.93. The van der Waals surface area contributed by atoms with Crippen LogP contribution in [0.25, 0.3) is 0 Å². The maximum Gasteiger partial charge on any atom is 0.189 e. The van der Waals surface area contributed by atoms with Crippen molar-refractivity contribution in [3.8, 4) is 0 Å². The van der Waals surface area contributed by atoms with Gasteiger partial charge in [0.25, 0.3) is 0 Å². The lowest BCUT2D eigenvalue weighted by molar-refractivity contribution is 0.322. The van der Waals surface area contributed by atoms with Crippen molar-refractivity contribution in [3.63, 3.8) is 0 Å². The van der Waals surface area contributed by atoms with Crippen LogP contribution in [0.2, 0.25) is 0 Å². The first-order valence-corrected chi connectivity index (χ1v) is 7.85. The van der Waals surface area contributed by atoms with Crippen molar-refractivity contribution in [2.24, 2.45) is 10.7 Å². The lowest BCUT2D eigenvalue weighted by Crippen LogP contribution is -2.47. The molecule has 1 aromatic carbocycles. The van der Waals surface area contributed by atoms with Gasteiger partial charge in [-0.25, -0.2) is 0 Å². The highest BCUT2D eigenvalue weighted by atomic mass is 79.9. The van der Waals surface area contributed by atoms with Crippen molar-refractivity contribution < 1.29 is 0 Å². The number of guanidine groups is 1. The molecular formula is C15H20BrN3. The molecule has 19 heavy (non-hydrogen) atoms. The van der Waals surface area contributed by atoms with Crippen LogP contribution in [0.5, 0.6) is 0 Å². The molecule has 3 nitrogen and oxygen atoms in total. The summed E-state index contributed by atoms with van der Waals surface area (Å²) in [5.41, 5.74) is 7.36. The summed E-state index contributed by atoms with van der Waals surface area (Å²) in [7, 11) is 0. The maximum atomic E-state index is 5.93. The van der Waals surface area contributed by atoms with Gasteiger partial charge in [0.1, 0.15) is 0 Å². The molecule has 1 aromatic rings. The molecule has 0 heterocycles. The van der Waals surface area contributed by atoms with Gasteiger partial charge in [0.15, 0.2) is 5.96 Å². The second-order valence-electron chi connectivity index (χ2n) is 5.66. The Kier molecular flexibility index (Phi) is 3.78. The number of rotatable bonds is 3. The molecule has 3 rings (SSSR count). The number of nitrogens with two attached hydrogens (primary N) is 1. The number of nitrogens with zero attached hydrogens (tertiary/aromatic N) is 1. The molecule has 2 aliphatic carbocycles. The quantitative estimate of drug-likeness (QED) is 0.663. The van der Waals surface area contributed by atoms with Crippen molar-refractivity contribution >= 4 is 21.9 Å². The third-order valence-corrected chi connectivity index (χ3v) is 4.76. The van der Waals surface area contributed by atoms with Crippen LogP contribution >= 0.6 is 15.9 Å². The molecular weight excluding hydrogens is 302 g/mol. The molecule has 3 N–H and O–H groups in total. The minimum Gasteiger partial charge on any atom is -0.370 e. The fraction of sp³-hybridized carbons (Fsp3) is 0.533. The molecule has 0 unspecified atom stereocenters. The molecule has 0 saturated heterocycles. The first kappa shape index (κ1) is 13.0. The van der Waals surface area contributed by atoms with Gasteiger partial charge in [0, 0.05) is 10.5 Å². The monoisotopic (exact) mass is 321 g/mol. The van der Waals surface area contributed by atoms with E-state index in [-0.39, 0.29) is 0 Å². The van der Waals surface area contributed by atoms with E-state index in [0.29, 0.717) is 24.0 Å². The zero-order chi connectivity index (χ0) is 13.2. The van der Waals surface area contributed by atoms with Gasteiger partial charge in [0.2, 0.25) is 0 Å². The topological polar surface area (TPSA) is 50.4 Å². The molecule has 2 fully saturated rings. The molecule has 0 radical (unpaired) electrons. The summed E-state index contributed by atoms with van der Waals surface area (Å²) >= 11 is 3.47. The van der Waals surface area contributed by atoms with Gasteiger partial charge >= 0.3 is 0 Å². The summed E-state index contributed by atoms with van der Waals surface area (Å²) in [4.78, 5) is 4.49.